The third kappa shape index (κ3) is 3.92. The Morgan fingerprint density at radius 1 is 1.38 bits per heavy atom. The SMILES string of the molecule is Cc1c(O)c(O)cn1C.O=S(O)O. The smallest absolute Gasteiger partial charge is 0.299 e. The normalized spacial score (nSPS) is 9.62. The molecule has 0 unspecified atom stereocenters. The van der Waals surface area contributed by atoms with Crippen molar-refractivity contribution in [3.05, 3.63) is 11.9 Å². The highest BCUT2D eigenvalue weighted by atomic mass is 32.2. The zero-order valence-electron chi connectivity index (χ0n) is 7.13. The molecule has 0 aliphatic rings. The fourth-order valence-corrected chi connectivity index (χ4v) is 0.694. The molecule has 0 spiro atoms. The van der Waals surface area contributed by atoms with Crippen LogP contribution in [0.5, 0.6) is 11.5 Å². The third-order valence-electron chi connectivity index (χ3n) is 1.43. The van der Waals surface area contributed by atoms with Gasteiger partial charge in [0.15, 0.2) is 11.5 Å². The molecule has 4 N–H and O–H groups in total. The lowest BCUT2D eigenvalue weighted by Gasteiger charge is -1.91. The molecule has 0 saturated carbocycles. The summed E-state index contributed by atoms with van der Waals surface area (Å²) < 4.78 is 24.5. The molecule has 1 aromatic rings. The molecule has 0 atom stereocenters. The number of aryl methyl sites for hydroxylation is 1. The number of hydrogen-bond donors (Lipinski definition) is 4. The van der Waals surface area contributed by atoms with Gasteiger partial charge in [-0.1, -0.05) is 0 Å². The van der Waals surface area contributed by atoms with E-state index in [-0.39, 0.29) is 11.5 Å². The quantitative estimate of drug-likeness (QED) is 0.464. The van der Waals surface area contributed by atoms with Gasteiger partial charge in [-0.25, -0.2) is 0 Å². The zero-order chi connectivity index (χ0) is 10.6. The van der Waals surface area contributed by atoms with Gasteiger partial charge in [-0.3, -0.25) is 9.11 Å². The summed E-state index contributed by atoms with van der Waals surface area (Å²) in [5, 5.41) is 17.8. The van der Waals surface area contributed by atoms with Crippen LogP contribution >= 0.6 is 0 Å². The van der Waals surface area contributed by atoms with Crippen molar-refractivity contribution in [2.45, 2.75) is 6.92 Å². The third-order valence-corrected chi connectivity index (χ3v) is 1.43. The molecule has 1 heterocycles. The van der Waals surface area contributed by atoms with Gasteiger partial charge in [0.05, 0.1) is 5.69 Å². The van der Waals surface area contributed by atoms with Gasteiger partial charge in [0.25, 0.3) is 11.4 Å². The first-order valence-corrected chi connectivity index (χ1v) is 4.26. The van der Waals surface area contributed by atoms with Gasteiger partial charge >= 0.3 is 0 Å². The van der Waals surface area contributed by atoms with Crippen LogP contribution in [0.3, 0.4) is 0 Å². The molecule has 7 heteroatoms. The minimum absolute atomic E-state index is 0.0301. The van der Waals surface area contributed by atoms with Gasteiger partial charge in [-0.2, -0.15) is 4.21 Å². The molecular formula is C6H11NO5S. The maximum absolute atomic E-state index is 8.96. The van der Waals surface area contributed by atoms with Crippen LogP contribution in [0.25, 0.3) is 0 Å². The highest BCUT2D eigenvalue weighted by Crippen LogP contribution is 2.28. The first-order chi connectivity index (χ1) is 5.86. The Balaban J connectivity index is 0.000000310. The standard InChI is InChI=1S/C6H9NO2.H2O3S/c1-4-6(9)5(8)3-7(4)2;1-4(2)3/h3,8-9H,1-2H3;(H2,1,2,3). The fourth-order valence-electron chi connectivity index (χ4n) is 0.694. The van der Waals surface area contributed by atoms with Crippen LogP contribution in [0, 0.1) is 6.92 Å². The molecule has 0 aliphatic carbocycles. The van der Waals surface area contributed by atoms with Crippen molar-refractivity contribution in [3.8, 4) is 11.5 Å². The van der Waals surface area contributed by atoms with Crippen LogP contribution in [0.1, 0.15) is 5.69 Å². The van der Waals surface area contributed by atoms with Crippen LogP contribution in [0.4, 0.5) is 0 Å². The van der Waals surface area contributed by atoms with Crippen molar-refractivity contribution in [1.29, 1.82) is 0 Å². The fraction of sp³-hybridized carbons (Fsp3) is 0.333. The minimum atomic E-state index is -2.61. The molecule has 0 bridgehead atoms. The van der Waals surface area contributed by atoms with Gasteiger partial charge in [0.1, 0.15) is 0 Å². The van der Waals surface area contributed by atoms with E-state index < -0.39 is 11.4 Å². The second kappa shape index (κ2) is 4.85. The van der Waals surface area contributed by atoms with E-state index in [0.717, 1.165) is 0 Å². The van der Waals surface area contributed by atoms with Crippen molar-refractivity contribution >= 4 is 11.4 Å². The van der Waals surface area contributed by atoms with Crippen LogP contribution in [-0.4, -0.2) is 28.1 Å². The first-order valence-electron chi connectivity index (χ1n) is 3.20. The lowest BCUT2D eigenvalue weighted by molar-refractivity contribution is 0.405. The average Bonchev–Trinajstić information content (AvgIpc) is 2.17. The van der Waals surface area contributed by atoms with Gasteiger partial charge in [-0.05, 0) is 6.92 Å². The van der Waals surface area contributed by atoms with Crippen molar-refractivity contribution in [1.82, 2.24) is 4.57 Å². The molecule has 0 saturated heterocycles. The minimum Gasteiger partial charge on any atom is -0.503 e. The van der Waals surface area contributed by atoms with Crippen LogP contribution < -0.4 is 0 Å². The summed E-state index contributed by atoms with van der Waals surface area (Å²) in [6, 6.07) is 0. The van der Waals surface area contributed by atoms with E-state index in [9.17, 15) is 0 Å². The summed E-state index contributed by atoms with van der Waals surface area (Å²) >= 11 is -2.61. The summed E-state index contributed by atoms with van der Waals surface area (Å²) in [4.78, 5) is 0. The Bertz CT molecular complexity index is 282. The van der Waals surface area contributed by atoms with Gasteiger partial charge in [0.2, 0.25) is 0 Å². The summed E-state index contributed by atoms with van der Waals surface area (Å²) in [5.41, 5.74) is 0.674. The van der Waals surface area contributed by atoms with E-state index in [0.29, 0.717) is 5.69 Å². The van der Waals surface area contributed by atoms with Crippen molar-refractivity contribution < 1.29 is 23.5 Å². The molecule has 76 valence electrons. The van der Waals surface area contributed by atoms with Crippen LogP contribution in [-0.2, 0) is 18.4 Å². The monoisotopic (exact) mass is 209 g/mol. The molecule has 0 radical (unpaired) electrons. The predicted molar refractivity (Wildman–Crippen MR) is 46.9 cm³/mol. The topological polar surface area (TPSA) is 103 Å². The van der Waals surface area contributed by atoms with E-state index in [1.165, 1.54) is 6.20 Å². The van der Waals surface area contributed by atoms with Gasteiger partial charge in [0, 0.05) is 13.2 Å². The second-order valence-electron chi connectivity index (χ2n) is 2.29. The number of aromatic nitrogens is 1. The highest BCUT2D eigenvalue weighted by Gasteiger charge is 2.05. The molecule has 13 heavy (non-hydrogen) atoms. The van der Waals surface area contributed by atoms with Gasteiger partial charge in [-0.15, -0.1) is 0 Å². The Morgan fingerprint density at radius 3 is 1.85 bits per heavy atom. The lowest BCUT2D eigenvalue weighted by Crippen LogP contribution is -1.85. The maximum Gasteiger partial charge on any atom is 0.299 e. The van der Waals surface area contributed by atoms with E-state index in [1.54, 1.807) is 18.5 Å². The Labute approximate surface area is 77.6 Å². The maximum atomic E-state index is 8.96. The van der Waals surface area contributed by atoms with E-state index in [1.807, 2.05) is 0 Å². The number of aromatic hydroxyl groups is 2. The zero-order valence-corrected chi connectivity index (χ0v) is 7.95. The summed E-state index contributed by atoms with van der Waals surface area (Å²) in [6.45, 7) is 1.73. The number of nitrogens with zero attached hydrogens (tertiary/aromatic N) is 1. The molecule has 0 fully saturated rings. The highest BCUT2D eigenvalue weighted by molar-refractivity contribution is 7.73. The van der Waals surface area contributed by atoms with Crippen molar-refractivity contribution in [3.63, 3.8) is 0 Å². The Kier molecular flexibility index (Phi) is 4.46. The van der Waals surface area contributed by atoms with Crippen molar-refractivity contribution in [2.75, 3.05) is 0 Å². The largest absolute Gasteiger partial charge is 0.503 e. The van der Waals surface area contributed by atoms with Crippen molar-refractivity contribution in [2.24, 2.45) is 7.05 Å². The molecule has 6 nitrogen and oxygen atoms in total. The van der Waals surface area contributed by atoms with E-state index in [4.69, 9.17) is 23.5 Å². The number of rotatable bonds is 0. The molecule has 1 rings (SSSR count). The Morgan fingerprint density at radius 2 is 1.77 bits per heavy atom. The summed E-state index contributed by atoms with van der Waals surface area (Å²) in [5.74, 6) is -0.0903. The van der Waals surface area contributed by atoms with Crippen LogP contribution in [0.15, 0.2) is 6.20 Å². The average molecular weight is 209 g/mol. The van der Waals surface area contributed by atoms with E-state index >= 15 is 0 Å². The Hall–Kier alpha value is -1.05. The van der Waals surface area contributed by atoms with Crippen LogP contribution in [0.2, 0.25) is 0 Å². The molecule has 1 aromatic heterocycles. The lowest BCUT2D eigenvalue weighted by atomic mass is 10.4. The molecule has 0 amide bonds. The van der Waals surface area contributed by atoms with Gasteiger partial charge < -0.3 is 14.8 Å². The molecule has 0 aromatic carbocycles. The predicted octanol–water partition coefficient (Wildman–Crippen LogP) is 0.426. The number of hydrogen-bond acceptors (Lipinski definition) is 3. The second-order valence-corrected chi connectivity index (χ2v) is 2.75. The molecular weight excluding hydrogens is 198 g/mol. The first kappa shape index (κ1) is 11.9. The summed E-state index contributed by atoms with van der Waals surface area (Å²) in [7, 11) is 1.76. The summed E-state index contributed by atoms with van der Waals surface area (Å²) in [6.07, 6.45) is 1.46. The van der Waals surface area contributed by atoms with E-state index in [2.05, 4.69) is 0 Å². The molecule has 0 aliphatic heterocycles.